The van der Waals surface area contributed by atoms with Crippen molar-refractivity contribution in [3.05, 3.63) is 28.8 Å². The Morgan fingerprint density at radius 2 is 2.24 bits per heavy atom. The molecule has 3 nitrogen and oxygen atoms in total. The van der Waals surface area contributed by atoms with E-state index in [9.17, 15) is 0 Å². The molecule has 1 aromatic rings. The van der Waals surface area contributed by atoms with Crippen LogP contribution in [0.4, 0.5) is 0 Å². The van der Waals surface area contributed by atoms with Crippen molar-refractivity contribution in [1.29, 1.82) is 0 Å². The largest absolute Gasteiger partial charge is 0.496 e. The molecule has 0 radical (unpaired) electrons. The summed E-state index contributed by atoms with van der Waals surface area (Å²) in [5.41, 5.74) is 1.18. The lowest BCUT2D eigenvalue weighted by molar-refractivity contribution is 0.162. The maximum Gasteiger partial charge on any atom is 0.123 e. The number of ether oxygens (including phenoxy) is 1. The first kappa shape index (κ1) is 16.6. The van der Waals surface area contributed by atoms with Gasteiger partial charge in [0.1, 0.15) is 5.75 Å². The molecule has 0 amide bonds. The van der Waals surface area contributed by atoms with Crippen molar-refractivity contribution in [2.75, 3.05) is 26.7 Å². The van der Waals surface area contributed by atoms with Gasteiger partial charge in [0.25, 0.3) is 0 Å². The van der Waals surface area contributed by atoms with Crippen molar-refractivity contribution >= 4 is 11.6 Å². The summed E-state index contributed by atoms with van der Waals surface area (Å²) in [5.74, 6) is 1.67. The first-order chi connectivity index (χ1) is 10.1. The molecule has 21 heavy (non-hydrogen) atoms. The molecule has 1 aliphatic heterocycles. The predicted molar refractivity (Wildman–Crippen MR) is 89.1 cm³/mol. The van der Waals surface area contributed by atoms with E-state index in [0.29, 0.717) is 6.04 Å². The van der Waals surface area contributed by atoms with E-state index in [4.69, 9.17) is 16.3 Å². The SMILES string of the molecule is COc1ccc(Cl)cc1CN1CCCC(CNC(C)C)C1. The number of nitrogens with zero attached hydrogens (tertiary/aromatic N) is 1. The minimum atomic E-state index is 0.563. The first-order valence-electron chi connectivity index (χ1n) is 7.86. The fourth-order valence-corrected chi connectivity index (χ4v) is 3.17. The van der Waals surface area contributed by atoms with Crippen LogP contribution in [-0.4, -0.2) is 37.7 Å². The normalized spacial score (nSPS) is 20.0. The van der Waals surface area contributed by atoms with Crippen LogP contribution in [0.5, 0.6) is 5.75 Å². The van der Waals surface area contributed by atoms with E-state index in [-0.39, 0.29) is 0 Å². The highest BCUT2D eigenvalue weighted by atomic mass is 35.5. The van der Waals surface area contributed by atoms with Crippen molar-refractivity contribution in [2.45, 2.75) is 39.3 Å². The quantitative estimate of drug-likeness (QED) is 0.869. The lowest BCUT2D eigenvalue weighted by Crippen LogP contribution is -2.40. The van der Waals surface area contributed by atoms with Gasteiger partial charge in [-0.15, -0.1) is 0 Å². The van der Waals surface area contributed by atoms with E-state index in [1.54, 1.807) is 7.11 Å². The van der Waals surface area contributed by atoms with Crippen molar-refractivity contribution in [1.82, 2.24) is 10.2 Å². The number of likely N-dealkylation sites (tertiary alicyclic amines) is 1. The second-order valence-corrected chi connectivity index (χ2v) is 6.70. The number of piperidine rings is 1. The highest BCUT2D eigenvalue weighted by Crippen LogP contribution is 2.26. The lowest BCUT2D eigenvalue weighted by Gasteiger charge is -2.33. The Bertz CT molecular complexity index is 450. The topological polar surface area (TPSA) is 24.5 Å². The van der Waals surface area contributed by atoms with Gasteiger partial charge in [-0.1, -0.05) is 25.4 Å². The molecule has 0 bridgehead atoms. The summed E-state index contributed by atoms with van der Waals surface area (Å²) in [5, 5.41) is 4.34. The second-order valence-electron chi connectivity index (χ2n) is 6.26. The van der Waals surface area contributed by atoms with Crippen LogP contribution in [0, 0.1) is 5.92 Å². The number of hydrogen-bond acceptors (Lipinski definition) is 3. The summed E-state index contributed by atoms with van der Waals surface area (Å²) in [6.07, 6.45) is 2.59. The van der Waals surface area contributed by atoms with Crippen molar-refractivity contribution < 1.29 is 4.74 Å². The fraction of sp³-hybridized carbons (Fsp3) is 0.647. The van der Waals surface area contributed by atoms with Gasteiger partial charge >= 0.3 is 0 Å². The number of methoxy groups -OCH3 is 1. The molecular weight excluding hydrogens is 284 g/mol. The molecule has 1 saturated heterocycles. The molecule has 1 fully saturated rings. The van der Waals surface area contributed by atoms with Gasteiger partial charge in [-0.05, 0) is 50.0 Å². The molecule has 0 spiro atoms. The highest BCUT2D eigenvalue weighted by Gasteiger charge is 2.21. The molecule has 1 heterocycles. The molecule has 2 rings (SSSR count). The van der Waals surface area contributed by atoms with Crippen LogP contribution in [0.3, 0.4) is 0 Å². The Hall–Kier alpha value is -0.770. The second kappa shape index (κ2) is 8.02. The molecule has 0 aliphatic carbocycles. The Morgan fingerprint density at radius 3 is 2.95 bits per heavy atom. The first-order valence-corrected chi connectivity index (χ1v) is 8.24. The van der Waals surface area contributed by atoms with Crippen molar-refractivity contribution in [2.24, 2.45) is 5.92 Å². The Morgan fingerprint density at radius 1 is 1.43 bits per heavy atom. The van der Waals surface area contributed by atoms with Crippen LogP contribution < -0.4 is 10.1 Å². The van der Waals surface area contributed by atoms with E-state index < -0.39 is 0 Å². The number of nitrogens with one attached hydrogen (secondary N) is 1. The predicted octanol–water partition coefficient (Wildman–Crippen LogP) is 3.56. The Kier molecular flexibility index (Phi) is 6.34. The molecule has 0 aromatic heterocycles. The summed E-state index contributed by atoms with van der Waals surface area (Å²) in [6.45, 7) is 8.75. The maximum atomic E-state index is 6.12. The summed E-state index contributed by atoms with van der Waals surface area (Å²) < 4.78 is 5.45. The molecule has 1 atom stereocenters. The minimum absolute atomic E-state index is 0.563. The Labute approximate surface area is 133 Å². The third-order valence-corrected chi connectivity index (χ3v) is 4.29. The molecule has 118 valence electrons. The molecule has 0 saturated carbocycles. The van der Waals surface area contributed by atoms with E-state index in [1.807, 2.05) is 18.2 Å². The van der Waals surface area contributed by atoms with E-state index >= 15 is 0 Å². The zero-order valence-electron chi connectivity index (χ0n) is 13.4. The summed E-state index contributed by atoms with van der Waals surface area (Å²) >= 11 is 6.12. The van der Waals surface area contributed by atoms with E-state index in [0.717, 1.165) is 42.9 Å². The highest BCUT2D eigenvalue weighted by molar-refractivity contribution is 6.30. The zero-order valence-corrected chi connectivity index (χ0v) is 14.1. The third kappa shape index (κ3) is 5.17. The van der Waals surface area contributed by atoms with Gasteiger partial charge in [0, 0.05) is 29.7 Å². The van der Waals surface area contributed by atoms with Crippen LogP contribution in [0.2, 0.25) is 5.02 Å². The molecular formula is C17H27ClN2O. The number of halogens is 1. The lowest BCUT2D eigenvalue weighted by atomic mass is 9.97. The van der Waals surface area contributed by atoms with Crippen molar-refractivity contribution in [3.63, 3.8) is 0 Å². The molecule has 1 aromatic carbocycles. The average molecular weight is 311 g/mol. The molecule has 1 unspecified atom stereocenters. The minimum Gasteiger partial charge on any atom is -0.496 e. The van der Waals surface area contributed by atoms with Crippen LogP contribution in [0.1, 0.15) is 32.3 Å². The van der Waals surface area contributed by atoms with Crippen LogP contribution in [0.25, 0.3) is 0 Å². The van der Waals surface area contributed by atoms with E-state index in [1.165, 1.54) is 18.4 Å². The number of benzene rings is 1. The molecule has 1 aliphatic rings. The van der Waals surface area contributed by atoms with Gasteiger partial charge < -0.3 is 10.1 Å². The molecule has 4 heteroatoms. The smallest absolute Gasteiger partial charge is 0.123 e. The monoisotopic (exact) mass is 310 g/mol. The number of hydrogen-bond donors (Lipinski definition) is 1. The summed E-state index contributed by atoms with van der Waals surface area (Å²) in [7, 11) is 1.72. The fourth-order valence-electron chi connectivity index (χ4n) is 2.98. The van der Waals surface area contributed by atoms with Crippen LogP contribution >= 0.6 is 11.6 Å². The van der Waals surface area contributed by atoms with Gasteiger partial charge in [-0.3, -0.25) is 4.90 Å². The van der Waals surface area contributed by atoms with E-state index in [2.05, 4.69) is 24.1 Å². The van der Waals surface area contributed by atoms with Gasteiger partial charge in [-0.25, -0.2) is 0 Å². The third-order valence-electron chi connectivity index (χ3n) is 4.05. The van der Waals surface area contributed by atoms with Gasteiger partial charge in [0.2, 0.25) is 0 Å². The number of rotatable bonds is 6. The van der Waals surface area contributed by atoms with Gasteiger partial charge in [0.15, 0.2) is 0 Å². The summed E-state index contributed by atoms with van der Waals surface area (Å²) in [4.78, 5) is 2.52. The average Bonchev–Trinajstić information content (AvgIpc) is 2.46. The van der Waals surface area contributed by atoms with Gasteiger partial charge in [-0.2, -0.15) is 0 Å². The maximum absolute atomic E-state index is 6.12. The van der Waals surface area contributed by atoms with Crippen molar-refractivity contribution in [3.8, 4) is 5.75 Å². The Balaban J connectivity index is 1.94. The standard InChI is InChI=1S/C17H27ClN2O/c1-13(2)19-10-14-5-4-8-20(11-14)12-15-9-16(18)6-7-17(15)21-3/h6-7,9,13-14,19H,4-5,8,10-12H2,1-3H3. The van der Waals surface area contributed by atoms with Crippen LogP contribution in [-0.2, 0) is 6.54 Å². The molecule has 1 N–H and O–H groups in total. The van der Waals surface area contributed by atoms with Gasteiger partial charge in [0.05, 0.1) is 7.11 Å². The van der Waals surface area contributed by atoms with Crippen LogP contribution in [0.15, 0.2) is 18.2 Å². The summed E-state index contributed by atoms with van der Waals surface area (Å²) in [6, 6.07) is 6.43. The zero-order chi connectivity index (χ0) is 15.2.